The van der Waals surface area contributed by atoms with Crippen molar-refractivity contribution in [2.24, 2.45) is 13.0 Å². The van der Waals surface area contributed by atoms with Crippen LogP contribution in [0, 0.1) is 5.92 Å². The lowest BCUT2D eigenvalue weighted by Gasteiger charge is -2.35. The van der Waals surface area contributed by atoms with Crippen molar-refractivity contribution in [3.63, 3.8) is 0 Å². The molecule has 1 aliphatic heterocycles. The molecule has 2 rings (SSSR count). The van der Waals surface area contributed by atoms with Crippen molar-refractivity contribution in [2.45, 2.75) is 18.9 Å². The Balaban J connectivity index is 1.77. The topological polar surface area (TPSA) is 70.5 Å². The van der Waals surface area contributed by atoms with Gasteiger partial charge in [-0.25, -0.2) is 18.1 Å². The molecule has 22 heavy (non-hydrogen) atoms. The lowest BCUT2D eigenvalue weighted by molar-refractivity contribution is 0.125. The van der Waals surface area contributed by atoms with Gasteiger partial charge in [0, 0.05) is 52.5 Å². The second-order valence-electron chi connectivity index (χ2n) is 6.07. The Morgan fingerprint density at radius 3 is 2.45 bits per heavy atom. The van der Waals surface area contributed by atoms with E-state index in [1.807, 2.05) is 0 Å². The number of likely N-dealkylation sites (N-methyl/N-ethyl adjacent to an activating group) is 1. The van der Waals surface area contributed by atoms with Gasteiger partial charge < -0.3 is 14.4 Å². The zero-order valence-electron chi connectivity index (χ0n) is 13.7. The average molecular weight is 329 g/mol. The summed E-state index contributed by atoms with van der Waals surface area (Å²) in [5.74, 6) is 0.270. The number of nitrogens with zero attached hydrogens (tertiary/aromatic N) is 4. The summed E-state index contributed by atoms with van der Waals surface area (Å²) in [6, 6.07) is 0. The third kappa shape index (κ3) is 4.77. The van der Waals surface area contributed by atoms with E-state index < -0.39 is 10.0 Å². The number of imidazole rings is 1. The lowest BCUT2D eigenvalue weighted by atomic mass is 10.1. The van der Waals surface area contributed by atoms with Crippen LogP contribution in [0.25, 0.3) is 0 Å². The summed E-state index contributed by atoms with van der Waals surface area (Å²) in [5, 5.41) is 0.0822. The highest BCUT2D eigenvalue weighted by molar-refractivity contribution is 7.89. The highest BCUT2D eigenvalue weighted by Crippen LogP contribution is 2.07. The predicted molar refractivity (Wildman–Crippen MR) is 86.1 cm³/mol. The van der Waals surface area contributed by atoms with Gasteiger partial charge in [-0.3, -0.25) is 0 Å². The number of aromatic nitrogens is 2. The van der Waals surface area contributed by atoms with E-state index in [0.717, 1.165) is 39.3 Å². The van der Waals surface area contributed by atoms with E-state index in [-0.39, 0.29) is 10.9 Å². The maximum absolute atomic E-state index is 12.1. The lowest BCUT2D eigenvalue weighted by Crippen LogP contribution is -2.48. The minimum Gasteiger partial charge on any atom is -0.339 e. The monoisotopic (exact) mass is 329 g/mol. The van der Waals surface area contributed by atoms with Gasteiger partial charge >= 0.3 is 0 Å². The highest BCUT2D eigenvalue weighted by Gasteiger charge is 2.20. The van der Waals surface area contributed by atoms with E-state index in [2.05, 4.69) is 33.4 Å². The number of hydrogen-bond acceptors (Lipinski definition) is 5. The maximum Gasteiger partial charge on any atom is 0.259 e. The van der Waals surface area contributed by atoms with Crippen LogP contribution in [0.4, 0.5) is 0 Å². The summed E-state index contributed by atoms with van der Waals surface area (Å²) in [7, 11) is -1.74. The molecule has 1 aromatic heterocycles. The molecule has 0 unspecified atom stereocenters. The fourth-order valence-corrected chi connectivity index (χ4v) is 3.79. The number of hydrogen-bond donors (Lipinski definition) is 1. The van der Waals surface area contributed by atoms with Crippen LogP contribution in [0.1, 0.15) is 13.8 Å². The minimum absolute atomic E-state index is 0.0822. The fraction of sp³-hybridized carbons (Fsp3) is 0.786. The second-order valence-corrected chi connectivity index (χ2v) is 7.78. The van der Waals surface area contributed by atoms with E-state index in [9.17, 15) is 8.42 Å². The molecule has 1 fully saturated rings. The number of aryl methyl sites for hydroxylation is 1. The molecule has 1 aliphatic rings. The molecule has 1 saturated heterocycles. The molecule has 126 valence electrons. The first-order valence-corrected chi connectivity index (χ1v) is 9.31. The summed E-state index contributed by atoms with van der Waals surface area (Å²) in [4.78, 5) is 8.74. The molecule has 8 heteroatoms. The van der Waals surface area contributed by atoms with Gasteiger partial charge in [0.05, 0.1) is 6.33 Å². The van der Waals surface area contributed by atoms with Crippen LogP contribution in [0.15, 0.2) is 17.6 Å². The average Bonchev–Trinajstić information content (AvgIpc) is 2.94. The molecule has 0 aromatic carbocycles. The Kier molecular flexibility index (Phi) is 5.96. The first-order chi connectivity index (χ1) is 10.4. The molecule has 0 amide bonds. The van der Waals surface area contributed by atoms with Crippen LogP contribution < -0.4 is 4.72 Å². The standard InChI is InChI=1S/C14H27N5O2S/c1-4-18-5-7-19(8-6-18)10-13(2)9-16-22(20,21)14-11-17(3)12-15-14/h11-13,16H,4-10H2,1-3H3/t13-/m0/s1. The first-order valence-electron chi connectivity index (χ1n) is 7.83. The van der Waals surface area contributed by atoms with E-state index in [1.54, 1.807) is 11.6 Å². The Bertz CT molecular complexity index is 564. The van der Waals surface area contributed by atoms with Crippen molar-refractivity contribution in [1.29, 1.82) is 0 Å². The number of nitrogens with one attached hydrogen (secondary N) is 1. The Morgan fingerprint density at radius 2 is 1.91 bits per heavy atom. The maximum atomic E-state index is 12.1. The van der Waals surface area contributed by atoms with Gasteiger partial charge in [0.25, 0.3) is 10.0 Å². The molecule has 0 aliphatic carbocycles. The Hall–Kier alpha value is -0.960. The van der Waals surface area contributed by atoms with Crippen molar-refractivity contribution in [3.8, 4) is 0 Å². The van der Waals surface area contributed by atoms with Crippen LogP contribution in [0.3, 0.4) is 0 Å². The van der Waals surface area contributed by atoms with E-state index in [1.165, 1.54) is 12.5 Å². The molecule has 0 bridgehead atoms. The molecule has 1 atom stereocenters. The third-order valence-corrected chi connectivity index (χ3v) is 5.37. The van der Waals surface area contributed by atoms with E-state index in [0.29, 0.717) is 6.54 Å². The zero-order valence-corrected chi connectivity index (χ0v) is 14.5. The fourth-order valence-electron chi connectivity index (χ4n) is 2.65. The summed E-state index contributed by atoms with van der Waals surface area (Å²) in [5.41, 5.74) is 0. The van der Waals surface area contributed by atoms with Crippen LogP contribution in [-0.4, -0.2) is 73.6 Å². The summed E-state index contributed by atoms with van der Waals surface area (Å²) >= 11 is 0. The SMILES string of the molecule is CCN1CCN(C[C@@H](C)CNS(=O)(=O)c2cn(C)cn2)CC1. The van der Waals surface area contributed by atoms with Crippen LogP contribution >= 0.6 is 0 Å². The molecule has 1 N–H and O–H groups in total. The van der Waals surface area contributed by atoms with Crippen LogP contribution in [-0.2, 0) is 17.1 Å². The summed E-state index contributed by atoms with van der Waals surface area (Å²) in [6.07, 6.45) is 3.00. The highest BCUT2D eigenvalue weighted by atomic mass is 32.2. The smallest absolute Gasteiger partial charge is 0.259 e. The molecule has 1 aromatic rings. The zero-order chi connectivity index (χ0) is 16.2. The molecule has 0 radical (unpaired) electrons. The largest absolute Gasteiger partial charge is 0.339 e. The molecular weight excluding hydrogens is 302 g/mol. The summed E-state index contributed by atoms with van der Waals surface area (Å²) in [6.45, 7) is 11.0. The van der Waals surface area contributed by atoms with Gasteiger partial charge in [0.15, 0.2) is 5.03 Å². The molecule has 0 spiro atoms. The van der Waals surface area contributed by atoms with Gasteiger partial charge in [-0.05, 0) is 12.5 Å². The molecule has 0 saturated carbocycles. The summed E-state index contributed by atoms with van der Waals surface area (Å²) < 4.78 is 28.5. The number of rotatable bonds is 7. The van der Waals surface area contributed by atoms with E-state index in [4.69, 9.17) is 0 Å². The van der Waals surface area contributed by atoms with Gasteiger partial charge in [0.1, 0.15) is 0 Å². The van der Waals surface area contributed by atoms with Crippen molar-refractivity contribution < 1.29 is 8.42 Å². The van der Waals surface area contributed by atoms with Crippen molar-refractivity contribution >= 4 is 10.0 Å². The Morgan fingerprint density at radius 1 is 1.27 bits per heavy atom. The minimum atomic E-state index is -3.50. The van der Waals surface area contributed by atoms with Gasteiger partial charge in [-0.1, -0.05) is 13.8 Å². The molecule has 7 nitrogen and oxygen atoms in total. The normalized spacial score (nSPS) is 19.4. The first kappa shape index (κ1) is 17.4. The van der Waals surface area contributed by atoms with Crippen LogP contribution in [0.2, 0.25) is 0 Å². The van der Waals surface area contributed by atoms with Crippen LogP contribution in [0.5, 0.6) is 0 Å². The van der Waals surface area contributed by atoms with Crippen molar-refractivity contribution in [1.82, 2.24) is 24.1 Å². The second kappa shape index (κ2) is 7.54. The van der Waals surface area contributed by atoms with Gasteiger partial charge in [-0.2, -0.15) is 0 Å². The molecular formula is C14H27N5O2S. The van der Waals surface area contributed by atoms with Gasteiger partial charge in [-0.15, -0.1) is 0 Å². The molecule has 2 heterocycles. The quantitative estimate of drug-likeness (QED) is 0.761. The van der Waals surface area contributed by atoms with E-state index >= 15 is 0 Å². The number of sulfonamides is 1. The third-order valence-electron chi connectivity index (χ3n) is 4.06. The van der Waals surface area contributed by atoms with Crippen molar-refractivity contribution in [3.05, 3.63) is 12.5 Å². The predicted octanol–water partition coefficient (Wildman–Crippen LogP) is -0.0280. The van der Waals surface area contributed by atoms with Gasteiger partial charge in [0.2, 0.25) is 0 Å². The Labute approximate surface area is 133 Å². The van der Waals surface area contributed by atoms with Crippen molar-refractivity contribution in [2.75, 3.05) is 45.8 Å². The number of piperazine rings is 1.